The summed E-state index contributed by atoms with van der Waals surface area (Å²) in [5.74, 6) is 0. The van der Waals surface area contributed by atoms with Crippen LogP contribution >= 0.6 is 17.0 Å². The van der Waals surface area contributed by atoms with E-state index in [0.29, 0.717) is 0 Å². The molecule has 52 heavy (non-hydrogen) atoms. The van der Waals surface area contributed by atoms with Gasteiger partial charge in [0.05, 0.1) is 0 Å². The van der Waals surface area contributed by atoms with E-state index in [1.807, 2.05) is 0 Å². The molecule has 4 aromatic rings. The van der Waals surface area contributed by atoms with Crippen LogP contribution in [0.5, 0.6) is 0 Å². The van der Waals surface area contributed by atoms with E-state index in [1.54, 1.807) is 20.7 Å². The molecule has 0 aliphatic heterocycles. The molecule has 274 valence electrons. The van der Waals surface area contributed by atoms with Crippen LogP contribution in [-0.4, -0.2) is 37.7 Å². The first-order valence-electron chi connectivity index (χ1n) is 19.1. The number of fused-ring (bicyclic) bond motifs is 2. The molecule has 0 amide bonds. The number of hydrogen-bond donors (Lipinski definition) is 0. The van der Waals surface area contributed by atoms with Gasteiger partial charge in [0.15, 0.2) is 0 Å². The first-order chi connectivity index (χ1) is 23.8. The van der Waals surface area contributed by atoms with Gasteiger partial charge in [0.1, 0.15) is 0 Å². The van der Waals surface area contributed by atoms with Gasteiger partial charge in [-0.3, -0.25) is 0 Å². The molecule has 4 aromatic carbocycles. The summed E-state index contributed by atoms with van der Waals surface area (Å²) in [6.07, 6.45) is 4.98. The predicted molar refractivity (Wildman–Crippen MR) is 247 cm³/mol. The monoisotopic (exact) mass is 888 g/mol. The van der Waals surface area contributed by atoms with Gasteiger partial charge in [-0.25, -0.2) is 0 Å². The van der Waals surface area contributed by atoms with Gasteiger partial charge in [0, 0.05) is 0 Å². The molecule has 0 heterocycles. The number of benzene rings is 4. The Morgan fingerprint density at radius 3 is 1.04 bits per heavy atom. The summed E-state index contributed by atoms with van der Waals surface area (Å²) >= 11 is -5.39. The van der Waals surface area contributed by atoms with Gasteiger partial charge in [-0.05, 0) is 0 Å². The maximum absolute atomic E-state index is 9.26. The van der Waals surface area contributed by atoms with E-state index in [0.717, 1.165) is 0 Å². The van der Waals surface area contributed by atoms with E-state index in [9.17, 15) is 17.0 Å². The van der Waals surface area contributed by atoms with Crippen LogP contribution in [0.2, 0.25) is 78.6 Å². The van der Waals surface area contributed by atoms with Crippen molar-refractivity contribution in [3.05, 3.63) is 118 Å². The third-order valence-corrected chi connectivity index (χ3v) is 58.6. The topological polar surface area (TPSA) is 0 Å². The van der Waals surface area contributed by atoms with Crippen LogP contribution in [0.25, 0.3) is 12.2 Å². The SMILES string of the molecule is CC1=Cc2cc([Si](C)(C)C)c([Si](C)(C)C)cc2[CH]1[Zr]([Cl])([Cl])([CH]1C(C)=Cc2cc([Si](C)(C)C)c([Si](C)(C)C)cc21)=[Si](c1ccccc1)c1ccccc1. The van der Waals surface area contributed by atoms with Crippen LogP contribution in [0.1, 0.15) is 43.4 Å². The van der Waals surface area contributed by atoms with Gasteiger partial charge in [-0.15, -0.1) is 0 Å². The van der Waals surface area contributed by atoms with E-state index in [2.05, 4.69) is 189 Å². The third kappa shape index (κ3) is 6.97. The number of rotatable bonds is 8. The molecule has 8 heteroatoms. The van der Waals surface area contributed by atoms with Crippen LogP contribution in [0, 0.1) is 0 Å². The quantitative estimate of drug-likeness (QED) is 0.155. The molecule has 2 aliphatic rings. The standard InChI is InChI=1S/2C16H25Si2.C12H10Si.2ClH.Zr/c2*1-12-8-13-10-15(17(2,3)4)16(18(5,6)7)11-14(13)9-12;1-3-7-11(8-4-1)13-12-9-5-2-6-10-12;;;/h2*8-11H,1-7H3;1-10H;2*1H;/q;;;;;+2/p-2. The Bertz CT molecular complexity index is 2050. The van der Waals surface area contributed by atoms with Crippen LogP contribution in [-0.2, 0) is 15.0 Å². The van der Waals surface area contributed by atoms with Crippen LogP contribution in [0.15, 0.2) is 96.1 Å². The molecule has 0 spiro atoms. The predicted octanol–water partition coefficient (Wildman–Crippen LogP) is 10.3. The second-order valence-corrected chi connectivity index (χ2v) is 75.1. The molecule has 0 bridgehead atoms. The summed E-state index contributed by atoms with van der Waals surface area (Å²) in [7, 11) is 11.8. The fourth-order valence-electron chi connectivity index (χ4n) is 9.43. The van der Waals surface area contributed by atoms with Crippen molar-refractivity contribution in [3.63, 3.8) is 0 Å². The minimum absolute atomic E-state index is 0.00570. The molecule has 2 atom stereocenters. The van der Waals surface area contributed by atoms with Gasteiger partial charge in [0.2, 0.25) is 0 Å². The molecule has 2 aliphatic carbocycles. The van der Waals surface area contributed by atoms with Crippen molar-refractivity contribution >= 4 is 98.0 Å². The molecular weight excluding hydrogens is 831 g/mol. The van der Waals surface area contributed by atoms with Gasteiger partial charge < -0.3 is 0 Å². The molecule has 0 saturated heterocycles. The van der Waals surface area contributed by atoms with Gasteiger partial charge in [-0.1, -0.05) is 0 Å². The molecule has 2 unspecified atom stereocenters. The number of halogens is 2. The van der Waals surface area contributed by atoms with E-state index in [4.69, 9.17) is 0 Å². The zero-order chi connectivity index (χ0) is 38.4. The summed E-state index contributed by atoms with van der Waals surface area (Å²) in [6, 6.07) is 32.9. The average Bonchev–Trinajstić information content (AvgIpc) is 3.54. The Morgan fingerprint density at radius 1 is 0.462 bits per heavy atom. The van der Waals surface area contributed by atoms with Crippen LogP contribution in [0.4, 0.5) is 0 Å². The van der Waals surface area contributed by atoms with E-state index in [-0.39, 0.29) is 7.25 Å². The molecule has 0 aromatic heterocycles. The van der Waals surface area contributed by atoms with Crippen molar-refractivity contribution in [2.24, 2.45) is 0 Å². The second kappa shape index (κ2) is 13.5. The van der Waals surface area contributed by atoms with Crippen molar-refractivity contribution < 1.29 is 15.0 Å². The third-order valence-electron chi connectivity index (χ3n) is 11.6. The molecule has 6 rings (SSSR count). The van der Waals surface area contributed by atoms with Crippen molar-refractivity contribution in [1.82, 2.24) is 0 Å². The fourth-order valence-corrected chi connectivity index (χ4v) is 66.2. The van der Waals surface area contributed by atoms with E-state index >= 15 is 0 Å². The van der Waals surface area contributed by atoms with Crippen molar-refractivity contribution in [2.75, 3.05) is 0 Å². The molecule has 0 fully saturated rings. The van der Waals surface area contributed by atoms with Crippen LogP contribution < -0.4 is 31.1 Å². The minimum atomic E-state index is -5.39. The van der Waals surface area contributed by atoms with Crippen molar-refractivity contribution in [1.29, 1.82) is 0 Å². The Kier molecular flexibility index (Phi) is 10.6. The summed E-state index contributed by atoms with van der Waals surface area (Å²) in [5.41, 5.74) is 6.55. The van der Waals surface area contributed by atoms with Gasteiger partial charge >= 0.3 is 331 Å². The zero-order valence-electron chi connectivity index (χ0n) is 34.1. The van der Waals surface area contributed by atoms with Gasteiger partial charge in [0.25, 0.3) is 0 Å². The van der Waals surface area contributed by atoms with E-state index in [1.165, 1.54) is 43.8 Å². The second-order valence-electron chi connectivity index (χ2n) is 20.0. The summed E-state index contributed by atoms with van der Waals surface area (Å²) in [4.78, 5) is 0. The van der Waals surface area contributed by atoms with Crippen molar-refractivity contribution in [2.45, 2.75) is 99.7 Å². The first kappa shape index (κ1) is 40.6. The molecular formula is C44H60Cl2Si5Zr. The normalized spacial score (nSPS) is 18.2. The summed E-state index contributed by atoms with van der Waals surface area (Å²) < 4.78 is 0.0114. The Hall–Kier alpha value is -1.09. The zero-order valence-corrected chi connectivity index (χ0v) is 43.1. The first-order valence-corrected chi connectivity index (χ1v) is 47.5. The Labute approximate surface area is 328 Å². The molecule has 0 radical (unpaired) electrons. The molecule has 0 N–H and O–H groups in total. The Morgan fingerprint density at radius 2 is 0.750 bits per heavy atom. The average molecular weight is 892 g/mol. The summed E-state index contributed by atoms with van der Waals surface area (Å²) in [5, 5.41) is 9.13. The molecule has 0 saturated carbocycles. The van der Waals surface area contributed by atoms with Crippen molar-refractivity contribution in [3.8, 4) is 0 Å². The van der Waals surface area contributed by atoms with Gasteiger partial charge in [-0.2, -0.15) is 0 Å². The number of hydrogen-bond acceptors (Lipinski definition) is 0. The van der Waals surface area contributed by atoms with E-state index < -0.39 is 52.7 Å². The molecule has 0 nitrogen and oxygen atoms in total. The summed E-state index contributed by atoms with van der Waals surface area (Å²) in [6.45, 7) is 34.9. The number of allylic oxidation sites excluding steroid dienone is 2. The van der Waals surface area contributed by atoms with Crippen LogP contribution in [0.3, 0.4) is 0 Å². The fraction of sp³-hybridized carbons (Fsp3) is 0.364. The maximum atomic E-state index is 9.26. The Balaban J connectivity index is 1.85.